The number of ether oxygens (including phenoxy) is 1. The first kappa shape index (κ1) is 18.6. The van der Waals surface area contributed by atoms with E-state index in [1.54, 1.807) is 0 Å². The highest BCUT2D eigenvalue weighted by Crippen LogP contribution is 2.23. The Bertz CT molecular complexity index is 513. The fourth-order valence-corrected chi connectivity index (χ4v) is 2.54. The summed E-state index contributed by atoms with van der Waals surface area (Å²) in [5.74, 6) is 0.563. The second kappa shape index (κ2) is 7.18. The number of nitrogens with one attached hydrogen (secondary N) is 1. The average Bonchev–Trinajstić information content (AvgIpc) is 2.61. The van der Waals surface area contributed by atoms with E-state index in [1.165, 1.54) is 5.69 Å². The first-order valence-corrected chi connectivity index (χ1v) is 7.91. The predicted octanol–water partition coefficient (Wildman–Crippen LogP) is 3.29. The molecule has 0 spiro atoms. The SMILES string of the molecule is Cc1cc(C(CN)NC(=O)OC(C)(C)C)c(C)n1CC(C)C. The predicted molar refractivity (Wildman–Crippen MR) is 89.9 cm³/mol. The van der Waals surface area contributed by atoms with Gasteiger partial charge in [0.25, 0.3) is 0 Å². The van der Waals surface area contributed by atoms with Gasteiger partial charge in [0.1, 0.15) is 5.60 Å². The molecule has 0 fully saturated rings. The molecule has 1 aromatic heterocycles. The summed E-state index contributed by atoms with van der Waals surface area (Å²) in [6, 6.07) is 1.87. The molecule has 126 valence electrons. The molecule has 5 nitrogen and oxygen atoms in total. The number of carbonyl (C=O) groups is 1. The van der Waals surface area contributed by atoms with Crippen molar-refractivity contribution in [2.24, 2.45) is 11.7 Å². The summed E-state index contributed by atoms with van der Waals surface area (Å²) in [5, 5.41) is 2.87. The maximum Gasteiger partial charge on any atom is 0.408 e. The van der Waals surface area contributed by atoms with Crippen LogP contribution in [0.2, 0.25) is 0 Å². The number of hydrogen-bond donors (Lipinski definition) is 2. The zero-order valence-corrected chi connectivity index (χ0v) is 15.0. The second-order valence-electron chi connectivity index (χ2n) is 7.27. The van der Waals surface area contributed by atoms with Crippen LogP contribution in [0.1, 0.15) is 57.6 Å². The molecule has 0 saturated heterocycles. The number of hydrogen-bond acceptors (Lipinski definition) is 3. The molecule has 0 aliphatic heterocycles. The van der Waals surface area contributed by atoms with Gasteiger partial charge in [-0.25, -0.2) is 4.79 Å². The lowest BCUT2D eigenvalue weighted by Gasteiger charge is -2.23. The molecule has 1 rings (SSSR count). The van der Waals surface area contributed by atoms with Gasteiger partial charge in [-0.3, -0.25) is 0 Å². The van der Waals surface area contributed by atoms with Crippen molar-refractivity contribution in [2.45, 2.75) is 66.7 Å². The van der Waals surface area contributed by atoms with Crippen LogP contribution in [-0.4, -0.2) is 22.8 Å². The summed E-state index contributed by atoms with van der Waals surface area (Å²) in [5.41, 5.74) is 8.75. The third-order valence-electron chi connectivity index (χ3n) is 3.46. The number of carbonyl (C=O) groups excluding carboxylic acids is 1. The Labute approximate surface area is 134 Å². The van der Waals surface area contributed by atoms with Gasteiger partial charge in [0.05, 0.1) is 6.04 Å². The number of alkyl carbamates (subject to hydrolysis) is 1. The lowest BCUT2D eigenvalue weighted by molar-refractivity contribution is 0.0505. The Balaban J connectivity index is 2.94. The van der Waals surface area contributed by atoms with E-state index < -0.39 is 11.7 Å². The molecule has 22 heavy (non-hydrogen) atoms. The lowest BCUT2D eigenvalue weighted by Crippen LogP contribution is -2.38. The van der Waals surface area contributed by atoms with Crippen LogP contribution in [0.25, 0.3) is 0 Å². The topological polar surface area (TPSA) is 69.3 Å². The molecular formula is C17H31N3O2. The highest BCUT2D eigenvalue weighted by Gasteiger charge is 2.22. The third-order valence-corrected chi connectivity index (χ3v) is 3.46. The van der Waals surface area contributed by atoms with Crippen LogP contribution >= 0.6 is 0 Å². The fraction of sp³-hybridized carbons (Fsp3) is 0.706. The van der Waals surface area contributed by atoms with Crippen molar-refractivity contribution in [1.82, 2.24) is 9.88 Å². The second-order valence-corrected chi connectivity index (χ2v) is 7.27. The maximum absolute atomic E-state index is 12.0. The minimum atomic E-state index is -0.516. The van der Waals surface area contributed by atoms with Crippen molar-refractivity contribution >= 4 is 6.09 Å². The van der Waals surface area contributed by atoms with E-state index in [2.05, 4.69) is 43.6 Å². The summed E-state index contributed by atoms with van der Waals surface area (Å²) in [4.78, 5) is 12.0. The van der Waals surface area contributed by atoms with Crippen molar-refractivity contribution in [3.05, 3.63) is 23.0 Å². The first-order chi connectivity index (χ1) is 10.0. The van der Waals surface area contributed by atoms with Crippen molar-refractivity contribution in [3.63, 3.8) is 0 Å². The molecule has 1 atom stereocenters. The van der Waals surface area contributed by atoms with Crippen molar-refractivity contribution in [2.75, 3.05) is 6.54 Å². The molecule has 0 saturated carbocycles. The summed E-state index contributed by atoms with van der Waals surface area (Å²) in [6.45, 7) is 15.4. The third kappa shape index (κ3) is 5.05. The van der Waals surface area contributed by atoms with Gasteiger partial charge >= 0.3 is 6.09 Å². The van der Waals surface area contributed by atoms with Gasteiger partial charge < -0.3 is 20.4 Å². The molecule has 0 aliphatic carbocycles. The Morgan fingerprint density at radius 2 is 1.95 bits per heavy atom. The van der Waals surface area contributed by atoms with Crippen LogP contribution in [0.15, 0.2) is 6.07 Å². The van der Waals surface area contributed by atoms with Crippen LogP contribution < -0.4 is 11.1 Å². The average molecular weight is 309 g/mol. The van der Waals surface area contributed by atoms with Crippen LogP contribution in [-0.2, 0) is 11.3 Å². The fourth-order valence-electron chi connectivity index (χ4n) is 2.54. The van der Waals surface area contributed by atoms with Gasteiger partial charge in [-0.1, -0.05) is 13.8 Å². The summed E-state index contributed by atoms with van der Waals surface area (Å²) in [6.07, 6.45) is -0.434. The van der Waals surface area contributed by atoms with E-state index in [0.29, 0.717) is 12.5 Å². The van der Waals surface area contributed by atoms with E-state index in [0.717, 1.165) is 17.8 Å². The van der Waals surface area contributed by atoms with Crippen LogP contribution in [0.3, 0.4) is 0 Å². The van der Waals surface area contributed by atoms with E-state index in [9.17, 15) is 4.79 Å². The summed E-state index contributed by atoms with van der Waals surface area (Å²) in [7, 11) is 0. The van der Waals surface area contributed by atoms with E-state index >= 15 is 0 Å². The normalized spacial score (nSPS) is 13.3. The monoisotopic (exact) mass is 309 g/mol. The Morgan fingerprint density at radius 1 is 1.36 bits per heavy atom. The summed E-state index contributed by atoms with van der Waals surface area (Å²) >= 11 is 0. The van der Waals surface area contributed by atoms with Gasteiger partial charge in [-0.15, -0.1) is 0 Å². The quantitative estimate of drug-likeness (QED) is 0.877. The van der Waals surface area contributed by atoms with Crippen LogP contribution in [0.4, 0.5) is 4.79 Å². The lowest BCUT2D eigenvalue weighted by atomic mass is 10.1. The largest absolute Gasteiger partial charge is 0.444 e. The minimum absolute atomic E-state index is 0.234. The molecule has 1 amide bonds. The molecule has 1 unspecified atom stereocenters. The molecular weight excluding hydrogens is 278 g/mol. The highest BCUT2D eigenvalue weighted by molar-refractivity contribution is 5.68. The highest BCUT2D eigenvalue weighted by atomic mass is 16.6. The number of nitrogens with two attached hydrogens (primary N) is 1. The Hall–Kier alpha value is -1.49. The molecule has 5 heteroatoms. The summed E-state index contributed by atoms with van der Waals surface area (Å²) < 4.78 is 7.60. The number of amides is 1. The Morgan fingerprint density at radius 3 is 2.41 bits per heavy atom. The van der Waals surface area contributed by atoms with Crippen molar-refractivity contribution in [3.8, 4) is 0 Å². The van der Waals surface area contributed by atoms with Crippen LogP contribution in [0, 0.1) is 19.8 Å². The van der Waals surface area contributed by atoms with E-state index in [-0.39, 0.29) is 6.04 Å². The molecule has 1 aromatic rings. The minimum Gasteiger partial charge on any atom is -0.444 e. The van der Waals surface area contributed by atoms with Crippen LogP contribution in [0.5, 0.6) is 0 Å². The molecule has 0 bridgehead atoms. The Kier molecular flexibility index (Phi) is 6.06. The van der Waals surface area contributed by atoms with Gasteiger partial charge in [0, 0.05) is 24.5 Å². The molecule has 0 aliphatic rings. The zero-order chi connectivity index (χ0) is 17.1. The van der Waals surface area contributed by atoms with Gasteiger partial charge in [-0.2, -0.15) is 0 Å². The number of aryl methyl sites for hydroxylation is 1. The van der Waals surface area contributed by atoms with Gasteiger partial charge in [-0.05, 0) is 52.2 Å². The number of aromatic nitrogens is 1. The van der Waals surface area contributed by atoms with Crippen molar-refractivity contribution < 1.29 is 9.53 Å². The molecule has 0 aromatic carbocycles. The smallest absolute Gasteiger partial charge is 0.408 e. The maximum atomic E-state index is 12.0. The number of nitrogens with zero attached hydrogens (tertiary/aromatic N) is 1. The van der Waals surface area contributed by atoms with E-state index in [1.807, 2.05) is 20.8 Å². The van der Waals surface area contributed by atoms with E-state index in [4.69, 9.17) is 10.5 Å². The molecule has 3 N–H and O–H groups in total. The first-order valence-electron chi connectivity index (χ1n) is 7.91. The van der Waals surface area contributed by atoms with Crippen molar-refractivity contribution in [1.29, 1.82) is 0 Å². The van der Waals surface area contributed by atoms with Gasteiger partial charge in [0.2, 0.25) is 0 Å². The standard InChI is InChI=1S/C17H31N3O2/c1-11(2)10-20-12(3)8-14(13(20)4)15(9-18)19-16(21)22-17(5,6)7/h8,11,15H,9-10,18H2,1-7H3,(H,19,21). The van der Waals surface area contributed by atoms with Gasteiger partial charge in [0.15, 0.2) is 0 Å². The molecule has 0 radical (unpaired) electrons. The zero-order valence-electron chi connectivity index (χ0n) is 15.0. The molecule has 1 heterocycles. The number of rotatable bonds is 5.